The van der Waals surface area contributed by atoms with Gasteiger partial charge in [0.25, 0.3) is 10.0 Å². The summed E-state index contributed by atoms with van der Waals surface area (Å²) in [4.78, 5) is 20.4. The number of hydrogen-bond donors (Lipinski definition) is 2. The number of benzene rings is 1. The van der Waals surface area contributed by atoms with Crippen molar-refractivity contribution in [2.24, 2.45) is 0 Å². The first-order valence-corrected chi connectivity index (χ1v) is 12.5. The van der Waals surface area contributed by atoms with Gasteiger partial charge in [-0.15, -0.1) is 0 Å². The molecule has 0 radical (unpaired) electrons. The molecule has 0 aliphatic heterocycles. The Bertz CT molecular complexity index is 924. The summed E-state index contributed by atoms with van der Waals surface area (Å²) in [5, 5.41) is 2.83. The summed E-state index contributed by atoms with van der Waals surface area (Å²) in [7, 11) is -3.81. The maximum atomic E-state index is 12.6. The molecule has 1 amide bonds. The smallest absolute Gasteiger partial charge is 0.264 e. The van der Waals surface area contributed by atoms with Crippen LogP contribution in [0.5, 0.6) is 0 Å². The molecular weight excluding hydrogens is 412 g/mol. The summed E-state index contributed by atoms with van der Waals surface area (Å²) >= 11 is 0. The molecule has 0 aliphatic rings. The number of nitrogens with zero attached hydrogens (tertiary/aromatic N) is 2. The van der Waals surface area contributed by atoms with E-state index in [1.807, 2.05) is 0 Å². The average molecular weight is 447 g/mol. The molecule has 0 bridgehead atoms. The van der Waals surface area contributed by atoms with Crippen LogP contribution < -0.4 is 10.0 Å². The highest BCUT2D eigenvalue weighted by atomic mass is 32.2. The quantitative estimate of drug-likeness (QED) is 0.403. The Morgan fingerprint density at radius 1 is 0.871 bits per heavy atom. The van der Waals surface area contributed by atoms with Gasteiger partial charge in [-0.2, -0.15) is 0 Å². The number of unbranched alkanes of at least 4 members (excludes halogenated alkanes) is 7. The van der Waals surface area contributed by atoms with Crippen molar-refractivity contribution < 1.29 is 13.2 Å². The third-order valence-corrected chi connectivity index (χ3v) is 6.26. The van der Waals surface area contributed by atoms with E-state index in [1.54, 1.807) is 32.0 Å². The third-order valence-electron chi connectivity index (χ3n) is 4.91. The van der Waals surface area contributed by atoms with E-state index in [-0.39, 0.29) is 16.8 Å². The van der Waals surface area contributed by atoms with E-state index in [2.05, 4.69) is 26.9 Å². The van der Waals surface area contributed by atoms with Crippen LogP contribution in [-0.2, 0) is 14.8 Å². The summed E-state index contributed by atoms with van der Waals surface area (Å²) in [6.07, 6.45) is 9.94. The summed E-state index contributed by atoms with van der Waals surface area (Å²) < 4.78 is 27.5. The van der Waals surface area contributed by atoms with E-state index < -0.39 is 10.0 Å². The fourth-order valence-corrected chi connectivity index (χ4v) is 4.25. The van der Waals surface area contributed by atoms with Crippen LogP contribution in [-0.4, -0.2) is 24.3 Å². The van der Waals surface area contributed by atoms with Crippen LogP contribution in [0.15, 0.2) is 35.2 Å². The van der Waals surface area contributed by atoms with Crippen LogP contribution in [0.4, 0.5) is 11.6 Å². The zero-order valence-corrected chi connectivity index (χ0v) is 19.6. The topological polar surface area (TPSA) is 101 Å². The zero-order chi connectivity index (χ0) is 22.7. The molecule has 2 rings (SSSR count). The van der Waals surface area contributed by atoms with Gasteiger partial charge in [-0.05, 0) is 50.6 Å². The highest BCUT2D eigenvalue weighted by Crippen LogP contribution is 2.18. The second-order valence-corrected chi connectivity index (χ2v) is 9.56. The number of rotatable bonds is 13. The number of sulfonamides is 1. The zero-order valence-electron chi connectivity index (χ0n) is 18.8. The summed E-state index contributed by atoms with van der Waals surface area (Å²) in [6, 6.07) is 7.85. The molecule has 1 aromatic carbocycles. The van der Waals surface area contributed by atoms with Gasteiger partial charge in [-0.3, -0.25) is 4.79 Å². The normalized spacial score (nSPS) is 11.3. The molecular formula is C23H34N4O3S. The highest BCUT2D eigenvalue weighted by molar-refractivity contribution is 7.92. The summed E-state index contributed by atoms with van der Waals surface area (Å²) in [5.41, 5.74) is 1.94. The largest absolute Gasteiger partial charge is 0.326 e. The molecule has 2 aromatic rings. The lowest BCUT2D eigenvalue weighted by atomic mass is 10.1. The maximum absolute atomic E-state index is 12.6. The molecule has 1 heterocycles. The Labute approximate surface area is 186 Å². The number of carbonyl (C=O) groups is 1. The molecule has 31 heavy (non-hydrogen) atoms. The molecule has 1 aromatic heterocycles. The van der Waals surface area contributed by atoms with Crippen LogP contribution in [0, 0.1) is 13.8 Å². The van der Waals surface area contributed by atoms with Gasteiger partial charge in [0, 0.05) is 23.5 Å². The van der Waals surface area contributed by atoms with Crippen LogP contribution in [0.25, 0.3) is 0 Å². The van der Waals surface area contributed by atoms with Crippen LogP contribution in [0.3, 0.4) is 0 Å². The number of aryl methyl sites for hydroxylation is 2. The Kier molecular flexibility index (Phi) is 9.91. The summed E-state index contributed by atoms with van der Waals surface area (Å²) in [6.45, 7) is 5.76. The fourth-order valence-electron chi connectivity index (χ4n) is 3.31. The van der Waals surface area contributed by atoms with Gasteiger partial charge in [-0.1, -0.05) is 51.9 Å². The van der Waals surface area contributed by atoms with Crippen LogP contribution >= 0.6 is 0 Å². The Balaban J connectivity index is 1.79. The van der Waals surface area contributed by atoms with Gasteiger partial charge in [-0.25, -0.2) is 23.1 Å². The van der Waals surface area contributed by atoms with E-state index >= 15 is 0 Å². The van der Waals surface area contributed by atoms with Crippen LogP contribution in [0.2, 0.25) is 0 Å². The second kappa shape index (κ2) is 12.4. The molecule has 0 saturated heterocycles. The predicted octanol–water partition coefficient (Wildman–Crippen LogP) is 5.36. The first-order valence-electron chi connectivity index (χ1n) is 11.0. The molecule has 7 nitrogen and oxygen atoms in total. The standard InChI is InChI=1S/C23H34N4O3S/c1-4-5-6-7-8-9-10-11-12-22(28)26-20-13-15-21(16-14-20)31(29,30)27-23-24-18(2)17-19(3)25-23/h13-17H,4-12H2,1-3H3,(H,26,28)(H,24,25,27). The van der Waals surface area contributed by atoms with Crippen molar-refractivity contribution in [2.45, 2.75) is 83.5 Å². The van der Waals surface area contributed by atoms with Crippen molar-refractivity contribution in [2.75, 3.05) is 10.0 Å². The van der Waals surface area contributed by atoms with E-state index in [0.717, 1.165) is 12.8 Å². The molecule has 0 unspecified atom stereocenters. The molecule has 0 fully saturated rings. The third kappa shape index (κ3) is 9.04. The van der Waals surface area contributed by atoms with Crippen molar-refractivity contribution in [1.82, 2.24) is 9.97 Å². The maximum Gasteiger partial charge on any atom is 0.264 e. The minimum absolute atomic E-state index is 0.0419. The van der Waals surface area contributed by atoms with E-state index in [1.165, 1.54) is 50.7 Å². The first kappa shape index (κ1) is 24.8. The monoisotopic (exact) mass is 446 g/mol. The summed E-state index contributed by atoms with van der Waals surface area (Å²) in [5.74, 6) is -0.0106. The van der Waals surface area contributed by atoms with Crippen molar-refractivity contribution in [3.05, 3.63) is 41.7 Å². The average Bonchev–Trinajstić information content (AvgIpc) is 2.69. The van der Waals surface area contributed by atoms with Gasteiger partial charge in [0.05, 0.1) is 4.90 Å². The molecule has 170 valence electrons. The minimum atomic E-state index is -3.81. The number of aromatic nitrogens is 2. The van der Waals surface area contributed by atoms with Gasteiger partial charge in [0.15, 0.2) is 0 Å². The van der Waals surface area contributed by atoms with Crippen molar-refractivity contribution in [1.29, 1.82) is 0 Å². The van der Waals surface area contributed by atoms with Gasteiger partial charge >= 0.3 is 0 Å². The van der Waals surface area contributed by atoms with E-state index in [9.17, 15) is 13.2 Å². The van der Waals surface area contributed by atoms with Gasteiger partial charge in [0.2, 0.25) is 11.9 Å². The minimum Gasteiger partial charge on any atom is -0.326 e. The van der Waals surface area contributed by atoms with Gasteiger partial charge in [0.1, 0.15) is 0 Å². The molecule has 2 N–H and O–H groups in total. The molecule has 0 aliphatic carbocycles. The lowest BCUT2D eigenvalue weighted by molar-refractivity contribution is -0.116. The SMILES string of the molecule is CCCCCCCCCCC(=O)Nc1ccc(S(=O)(=O)Nc2nc(C)cc(C)n2)cc1. The fraction of sp³-hybridized carbons (Fsp3) is 0.522. The first-order chi connectivity index (χ1) is 14.8. The molecule has 0 atom stereocenters. The lowest BCUT2D eigenvalue weighted by Gasteiger charge is -2.09. The van der Waals surface area contributed by atoms with Gasteiger partial charge < -0.3 is 5.32 Å². The number of nitrogens with one attached hydrogen (secondary N) is 2. The van der Waals surface area contributed by atoms with Crippen LogP contribution in [0.1, 0.15) is 76.1 Å². The lowest BCUT2D eigenvalue weighted by Crippen LogP contribution is -2.16. The highest BCUT2D eigenvalue weighted by Gasteiger charge is 2.16. The number of carbonyl (C=O) groups excluding carboxylic acids is 1. The number of hydrogen-bond acceptors (Lipinski definition) is 5. The van der Waals surface area contributed by atoms with Crippen molar-refractivity contribution in [3.8, 4) is 0 Å². The second-order valence-electron chi connectivity index (χ2n) is 7.88. The Hall–Kier alpha value is -2.48. The van der Waals surface area contributed by atoms with Crippen molar-refractivity contribution in [3.63, 3.8) is 0 Å². The van der Waals surface area contributed by atoms with Crippen molar-refractivity contribution >= 4 is 27.6 Å². The van der Waals surface area contributed by atoms with E-state index in [0.29, 0.717) is 23.5 Å². The predicted molar refractivity (Wildman–Crippen MR) is 125 cm³/mol. The number of amides is 1. The molecule has 0 spiro atoms. The Morgan fingerprint density at radius 3 is 2.00 bits per heavy atom. The molecule has 8 heteroatoms. The number of anilines is 2. The molecule has 0 saturated carbocycles. The Morgan fingerprint density at radius 2 is 1.42 bits per heavy atom. The van der Waals surface area contributed by atoms with E-state index in [4.69, 9.17) is 0 Å².